The van der Waals surface area contributed by atoms with E-state index in [1.807, 2.05) is 20.8 Å². The Bertz CT molecular complexity index is 1180. The third-order valence-electron chi connectivity index (χ3n) is 4.85. The van der Waals surface area contributed by atoms with Gasteiger partial charge in [-0.1, -0.05) is 12.1 Å². The van der Waals surface area contributed by atoms with E-state index in [0.29, 0.717) is 11.2 Å². The van der Waals surface area contributed by atoms with Gasteiger partial charge in [0, 0.05) is 26.8 Å². The van der Waals surface area contributed by atoms with Gasteiger partial charge in [-0.25, -0.2) is 17.7 Å². The average Bonchev–Trinajstić information content (AvgIpc) is 2.94. The van der Waals surface area contributed by atoms with Crippen LogP contribution in [0.4, 0.5) is 0 Å². The number of nitrogens with zero attached hydrogens (tertiary/aromatic N) is 4. The lowest BCUT2D eigenvalue weighted by Crippen LogP contribution is -2.27. The number of aryl methyl sites for hydroxylation is 3. The first-order chi connectivity index (χ1) is 13.5. The van der Waals surface area contributed by atoms with Crippen molar-refractivity contribution in [1.29, 1.82) is 0 Å². The Morgan fingerprint density at radius 2 is 1.79 bits per heavy atom. The maximum Gasteiger partial charge on any atom is 0.252 e. The van der Waals surface area contributed by atoms with Crippen molar-refractivity contribution >= 4 is 27.0 Å². The summed E-state index contributed by atoms with van der Waals surface area (Å²) in [7, 11) is 1.29. The topological polar surface area (TPSA) is 97.2 Å². The van der Waals surface area contributed by atoms with Crippen LogP contribution in [0.15, 0.2) is 35.2 Å². The minimum atomic E-state index is -3.49. The van der Waals surface area contributed by atoms with Gasteiger partial charge >= 0.3 is 0 Å². The Hall–Kier alpha value is -2.78. The molecule has 0 spiro atoms. The number of benzene rings is 1. The lowest BCUT2D eigenvalue weighted by atomic mass is 10.1. The highest BCUT2D eigenvalue weighted by Crippen LogP contribution is 2.23. The standard InChI is InChI=1S/C20H25N5O3S/c1-12-11-17(18-14(3)23-25(6)19(18)21-12)20(26)22-13(2)15-7-9-16(10-8-15)29(27,28)24(4)5/h7-11,13H,1-6H3,(H,22,26). The zero-order valence-electron chi connectivity index (χ0n) is 17.4. The summed E-state index contributed by atoms with van der Waals surface area (Å²) in [5, 5.41) is 8.09. The molecule has 1 aromatic carbocycles. The molecule has 8 nitrogen and oxygen atoms in total. The predicted molar refractivity (Wildman–Crippen MR) is 111 cm³/mol. The molecule has 29 heavy (non-hydrogen) atoms. The third-order valence-corrected chi connectivity index (χ3v) is 6.68. The summed E-state index contributed by atoms with van der Waals surface area (Å²) in [6, 6.07) is 7.97. The zero-order valence-corrected chi connectivity index (χ0v) is 18.2. The van der Waals surface area contributed by atoms with Crippen LogP contribution in [0.2, 0.25) is 0 Å². The summed E-state index contributed by atoms with van der Waals surface area (Å²) < 4.78 is 27.3. The highest BCUT2D eigenvalue weighted by atomic mass is 32.2. The Balaban J connectivity index is 1.88. The number of hydrogen-bond donors (Lipinski definition) is 1. The summed E-state index contributed by atoms with van der Waals surface area (Å²) >= 11 is 0. The molecular weight excluding hydrogens is 390 g/mol. The molecule has 0 bridgehead atoms. The van der Waals surface area contributed by atoms with Gasteiger partial charge in [0.25, 0.3) is 5.91 Å². The Kier molecular flexibility index (Phi) is 5.46. The molecule has 3 aromatic rings. The molecular formula is C20H25N5O3S. The minimum Gasteiger partial charge on any atom is -0.345 e. The second-order valence-electron chi connectivity index (χ2n) is 7.27. The van der Waals surface area contributed by atoms with Gasteiger partial charge in [-0.2, -0.15) is 5.10 Å². The van der Waals surface area contributed by atoms with Gasteiger partial charge in [0.2, 0.25) is 10.0 Å². The lowest BCUT2D eigenvalue weighted by Gasteiger charge is -2.16. The molecule has 154 valence electrons. The number of hydrogen-bond acceptors (Lipinski definition) is 5. The fourth-order valence-corrected chi connectivity index (χ4v) is 4.15. The second-order valence-corrected chi connectivity index (χ2v) is 9.42. The zero-order chi connectivity index (χ0) is 21.5. The molecule has 2 heterocycles. The number of fused-ring (bicyclic) bond motifs is 1. The number of carbonyl (C=O) groups is 1. The van der Waals surface area contributed by atoms with E-state index in [2.05, 4.69) is 15.4 Å². The van der Waals surface area contributed by atoms with E-state index in [1.54, 1.807) is 42.1 Å². The predicted octanol–water partition coefficient (Wildman–Crippen LogP) is 2.33. The van der Waals surface area contributed by atoms with Crippen molar-refractivity contribution in [3.8, 4) is 0 Å². The van der Waals surface area contributed by atoms with Gasteiger partial charge in [-0.3, -0.25) is 9.48 Å². The first kappa shape index (κ1) is 20.9. The van der Waals surface area contributed by atoms with Crippen LogP contribution in [0.1, 0.15) is 40.3 Å². The number of carbonyl (C=O) groups excluding carboxylic acids is 1. The molecule has 0 aliphatic heterocycles. The van der Waals surface area contributed by atoms with Crippen LogP contribution in [0.25, 0.3) is 11.0 Å². The number of pyridine rings is 1. The van der Waals surface area contributed by atoms with E-state index >= 15 is 0 Å². The molecule has 9 heteroatoms. The molecule has 0 aliphatic carbocycles. The third kappa shape index (κ3) is 3.88. The Morgan fingerprint density at radius 1 is 1.17 bits per heavy atom. The van der Waals surface area contributed by atoms with Crippen LogP contribution in [0, 0.1) is 13.8 Å². The Labute approximate surface area is 170 Å². The molecule has 1 atom stereocenters. The number of nitrogens with one attached hydrogen (secondary N) is 1. The average molecular weight is 416 g/mol. The van der Waals surface area contributed by atoms with Crippen molar-refractivity contribution in [2.45, 2.75) is 31.7 Å². The summed E-state index contributed by atoms with van der Waals surface area (Å²) in [5.74, 6) is -0.228. The fourth-order valence-electron chi connectivity index (χ4n) is 3.25. The van der Waals surface area contributed by atoms with Gasteiger partial charge in [0.05, 0.1) is 27.6 Å². The normalized spacial score (nSPS) is 13.1. The lowest BCUT2D eigenvalue weighted by molar-refractivity contribution is 0.0941. The van der Waals surface area contributed by atoms with Crippen LogP contribution < -0.4 is 5.32 Å². The van der Waals surface area contributed by atoms with Crippen LogP contribution in [-0.4, -0.2) is 47.5 Å². The highest BCUT2D eigenvalue weighted by Gasteiger charge is 2.21. The molecule has 2 aromatic heterocycles. The van der Waals surface area contributed by atoms with Crippen molar-refractivity contribution in [2.75, 3.05) is 14.1 Å². The summed E-state index contributed by atoms with van der Waals surface area (Å²) in [5.41, 5.74) is 3.47. The van der Waals surface area contributed by atoms with Crippen LogP contribution in [0.5, 0.6) is 0 Å². The van der Waals surface area contributed by atoms with Crippen LogP contribution in [0.3, 0.4) is 0 Å². The Morgan fingerprint density at radius 3 is 2.38 bits per heavy atom. The maximum absolute atomic E-state index is 13.0. The minimum absolute atomic E-state index is 0.210. The van der Waals surface area contributed by atoms with E-state index in [0.717, 1.165) is 22.3 Å². The fraction of sp³-hybridized carbons (Fsp3) is 0.350. The number of aromatic nitrogens is 3. The van der Waals surface area contributed by atoms with E-state index in [9.17, 15) is 13.2 Å². The molecule has 0 aliphatic rings. The van der Waals surface area contributed by atoms with Crippen LogP contribution >= 0.6 is 0 Å². The van der Waals surface area contributed by atoms with E-state index < -0.39 is 10.0 Å². The molecule has 1 unspecified atom stereocenters. The largest absolute Gasteiger partial charge is 0.345 e. The number of amides is 1. The molecule has 3 rings (SSSR count). The molecule has 0 saturated carbocycles. The van der Waals surface area contributed by atoms with E-state index in [1.165, 1.54) is 18.4 Å². The van der Waals surface area contributed by atoms with Crippen molar-refractivity contribution in [3.63, 3.8) is 0 Å². The first-order valence-electron chi connectivity index (χ1n) is 9.16. The SMILES string of the molecule is Cc1cc(C(=O)NC(C)c2ccc(S(=O)(=O)N(C)C)cc2)c2c(C)nn(C)c2n1. The molecule has 0 saturated heterocycles. The molecule has 1 amide bonds. The van der Waals surface area contributed by atoms with E-state index in [-0.39, 0.29) is 16.8 Å². The second kappa shape index (κ2) is 7.57. The molecule has 0 radical (unpaired) electrons. The van der Waals surface area contributed by atoms with E-state index in [4.69, 9.17) is 0 Å². The monoisotopic (exact) mass is 415 g/mol. The van der Waals surface area contributed by atoms with Gasteiger partial charge in [-0.05, 0) is 44.5 Å². The van der Waals surface area contributed by atoms with Crippen molar-refractivity contribution in [1.82, 2.24) is 24.4 Å². The summed E-state index contributed by atoms with van der Waals surface area (Å²) in [6.07, 6.45) is 0. The number of sulfonamides is 1. The smallest absolute Gasteiger partial charge is 0.252 e. The quantitative estimate of drug-likeness (QED) is 0.690. The molecule has 1 N–H and O–H groups in total. The van der Waals surface area contributed by atoms with Gasteiger partial charge in [0.1, 0.15) is 0 Å². The highest BCUT2D eigenvalue weighted by molar-refractivity contribution is 7.89. The van der Waals surface area contributed by atoms with Gasteiger partial charge < -0.3 is 5.32 Å². The molecule has 0 fully saturated rings. The summed E-state index contributed by atoms with van der Waals surface area (Å²) in [4.78, 5) is 17.7. The van der Waals surface area contributed by atoms with Crippen LogP contribution in [-0.2, 0) is 17.1 Å². The number of rotatable bonds is 5. The van der Waals surface area contributed by atoms with Crippen molar-refractivity contribution < 1.29 is 13.2 Å². The van der Waals surface area contributed by atoms with Gasteiger partial charge in [-0.15, -0.1) is 0 Å². The first-order valence-corrected chi connectivity index (χ1v) is 10.6. The maximum atomic E-state index is 13.0. The van der Waals surface area contributed by atoms with Crippen molar-refractivity contribution in [3.05, 3.63) is 52.8 Å². The van der Waals surface area contributed by atoms with Crippen molar-refractivity contribution in [2.24, 2.45) is 7.05 Å². The summed E-state index contributed by atoms with van der Waals surface area (Å²) in [6.45, 7) is 5.55. The van der Waals surface area contributed by atoms with Gasteiger partial charge in [0.15, 0.2) is 5.65 Å².